The first kappa shape index (κ1) is 10.6. The zero-order chi connectivity index (χ0) is 10.8. The molecule has 0 bridgehead atoms. The normalized spacial score (nSPS) is 24.6. The maximum absolute atomic E-state index is 5.88. The molecule has 2 heterocycles. The fourth-order valence-electron chi connectivity index (χ4n) is 2.03. The van der Waals surface area contributed by atoms with Crippen molar-refractivity contribution in [1.82, 2.24) is 15.1 Å². The highest BCUT2D eigenvalue weighted by molar-refractivity contribution is 4.85. The quantitative estimate of drug-likeness (QED) is 0.789. The molecule has 0 aromatic carbocycles. The van der Waals surface area contributed by atoms with Gasteiger partial charge >= 0.3 is 0 Å². The van der Waals surface area contributed by atoms with E-state index in [1.165, 1.54) is 6.42 Å². The van der Waals surface area contributed by atoms with Crippen LogP contribution in [0.4, 0.5) is 0 Å². The Kier molecular flexibility index (Phi) is 3.02. The molecule has 0 spiro atoms. The third-order valence-corrected chi connectivity index (χ3v) is 2.98. The second-order valence-corrected chi connectivity index (χ2v) is 4.36. The van der Waals surface area contributed by atoms with E-state index in [2.05, 4.69) is 22.0 Å². The van der Waals surface area contributed by atoms with Crippen molar-refractivity contribution in [2.24, 2.45) is 11.7 Å². The largest absolute Gasteiger partial charge is 0.424 e. The second-order valence-electron chi connectivity index (χ2n) is 4.36. The van der Waals surface area contributed by atoms with Crippen molar-refractivity contribution >= 4 is 0 Å². The third-order valence-electron chi connectivity index (χ3n) is 2.98. The summed E-state index contributed by atoms with van der Waals surface area (Å²) in [4.78, 5) is 2.32. The topological polar surface area (TPSA) is 68.2 Å². The van der Waals surface area contributed by atoms with Gasteiger partial charge in [-0.3, -0.25) is 4.90 Å². The van der Waals surface area contributed by atoms with Gasteiger partial charge in [0.1, 0.15) is 0 Å². The molecule has 2 N–H and O–H groups in total. The van der Waals surface area contributed by atoms with E-state index in [0.29, 0.717) is 17.7 Å². The van der Waals surface area contributed by atoms with Crippen molar-refractivity contribution in [3.8, 4) is 0 Å². The number of aromatic nitrogens is 2. The first-order valence-corrected chi connectivity index (χ1v) is 5.42. The lowest BCUT2D eigenvalue weighted by Gasteiger charge is -2.15. The van der Waals surface area contributed by atoms with Crippen molar-refractivity contribution in [1.29, 1.82) is 0 Å². The molecule has 2 atom stereocenters. The summed E-state index contributed by atoms with van der Waals surface area (Å²) in [5.41, 5.74) is 5.88. The van der Waals surface area contributed by atoms with Crippen LogP contribution in [0.2, 0.25) is 0 Å². The van der Waals surface area contributed by atoms with Gasteiger partial charge in [0.25, 0.3) is 0 Å². The van der Waals surface area contributed by atoms with E-state index in [-0.39, 0.29) is 6.04 Å². The molecule has 2 unspecified atom stereocenters. The molecule has 1 aliphatic rings. The number of likely N-dealkylation sites (tertiary alicyclic amines) is 1. The van der Waals surface area contributed by atoms with Crippen LogP contribution in [0.1, 0.15) is 25.1 Å². The van der Waals surface area contributed by atoms with Gasteiger partial charge in [0.05, 0.1) is 6.54 Å². The number of nitrogens with two attached hydrogens (primary N) is 1. The highest BCUT2D eigenvalue weighted by atomic mass is 16.4. The fourth-order valence-corrected chi connectivity index (χ4v) is 2.03. The third kappa shape index (κ3) is 2.54. The summed E-state index contributed by atoms with van der Waals surface area (Å²) in [7, 11) is 0. The highest BCUT2D eigenvalue weighted by Gasteiger charge is 2.26. The molecule has 1 aromatic rings. The van der Waals surface area contributed by atoms with E-state index in [4.69, 9.17) is 10.2 Å². The average Bonchev–Trinajstić information content (AvgIpc) is 2.76. The summed E-state index contributed by atoms with van der Waals surface area (Å²) in [6, 6.07) is 0.277. The van der Waals surface area contributed by atoms with Crippen LogP contribution in [0.25, 0.3) is 0 Å². The zero-order valence-corrected chi connectivity index (χ0v) is 9.31. The van der Waals surface area contributed by atoms with Crippen LogP contribution >= 0.6 is 0 Å². The minimum atomic E-state index is 0.277. The fraction of sp³-hybridized carbons (Fsp3) is 0.800. The Morgan fingerprint density at radius 2 is 2.40 bits per heavy atom. The Bertz CT molecular complexity index is 323. The van der Waals surface area contributed by atoms with Gasteiger partial charge in [0.2, 0.25) is 11.8 Å². The summed E-state index contributed by atoms with van der Waals surface area (Å²) in [5, 5.41) is 7.80. The van der Waals surface area contributed by atoms with Crippen LogP contribution in [0.3, 0.4) is 0 Å². The standard InChI is InChI=1S/C10H18N4O/c1-7(11)9-3-4-14(5-9)6-10-13-12-8(2)15-10/h7,9H,3-6,11H2,1-2H3. The van der Waals surface area contributed by atoms with Crippen molar-refractivity contribution in [2.45, 2.75) is 32.9 Å². The molecule has 5 heteroatoms. The Balaban J connectivity index is 1.87. The van der Waals surface area contributed by atoms with E-state index >= 15 is 0 Å². The molecule has 1 aliphatic heterocycles. The smallest absolute Gasteiger partial charge is 0.230 e. The second kappa shape index (κ2) is 4.28. The Morgan fingerprint density at radius 3 is 2.93 bits per heavy atom. The van der Waals surface area contributed by atoms with Gasteiger partial charge in [-0.25, -0.2) is 0 Å². The molecule has 0 amide bonds. The van der Waals surface area contributed by atoms with Crippen LogP contribution in [0.5, 0.6) is 0 Å². The summed E-state index contributed by atoms with van der Waals surface area (Å²) < 4.78 is 5.35. The van der Waals surface area contributed by atoms with E-state index in [1.807, 2.05) is 6.92 Å². The van der Waals surface area contributed by atoms with Gasteiger partial charge in [0, 0.05) is 19.5 Å². The number of hydrogen-bond donors (Lipinski definition) is 1. The van der Waals surface area contributed by atoms with Gasteiger partial charge in [0.15, 0.2) is 0 Å². The van der Waals surface area contributed by atoms with Gasteiger partial charge in [-0.05, 0) is 25.8 Å². The molecular formula is C10H18N4O. The van der Waals surface area contributed by atoms with Crippen molar-refractivity contribution < 1.29 is 4.42 Å². The monoisotopic (exact) mass is 210 g/mol. The van der Waals surface area contributed by atoms with E-state index in [1.54, 1.807) is 0 Å². The van der Waals surface area contributed by atoms with Crippen molar-refractivity contribution in [3.05, 3.63) is 11.8 Å². The van der Waals surface area contributed by atoms with Gasteiger partial charge < -0.3 is 10.2 Å². The van der Waals surface area contributed by atoms with Crippen LogP contribution in [-0.2, 0) is 6.54 Å². The van der Waals surface area contributed by atoms with Crippen LogP contribution < -0.4 is 5.73 Å². The summed E-state index contributed by atoms with van der Waals surface area (Å²) >= 11 is 0. The SMILES string of the molecule is Cc1nnc(CN2CCC(C(C)N)C2)o1. The molecule has 5 nitrogen and oxygen atoms in total. The summed E-state index contributed by atoms with van der Waals surface area (Å²) in [6.45, 7) is 6.76. The number of nitrogens with zero attached hydrogens (tertiary/aromatic N) is 3. The molecule has 0 radical (unpaired) electrons. The lowest BCUT2D eigenvalue weighted by atomic mass is 10.0. The van der Waals surface area contributed by atoms with E-state index < -0.39 is 0 Å². The number of rotatable bonds is 3. The van der Waals surface area contributed by atoms with Crippen LogP contribution in [0.15, 0.2) is 4.42 Å². The predicted octanol–water partition coefficient (Wildman–Crippen LogP) is 0.547. The summed E-state index contributed by atoms with van der Waals surface area (Å²) in [6.07, 6.45) is 1.17. The first-order valence-electron chi connectivity index (χ1n) is 5.42. The molecule has 1 fully saturated rings. The predicted molar refractivity (Wildman–Crippen MR) is 56.1 cm³/mol. The summed E-state index contributed by atoms with van der Waals surface area (Å²) in [5.74, 6) is 1.94. The lowest BCUT2D eigenvalue weighted by Crippen LogP contribution is -2.29. The Morgan fingerprint density at radius 1 is 1.60 bits per heavy atom. The first-order chi connectivity index (χ1) is 7.15. The molecular weight excluding hydrogens is 192 g/mol. The highest BCUT2D eigenvalue weighted by Crippen LogP contribution is 2.20. The van der Waals surface area contributed by atoms with Gasteiger partial charge in [-0.15, -0.1) is 10.2 Å². The van der Waals surface area contributed by atoms with E-state index in [0.717, 1.165) is 19.6 Å². The Hall–Kier alpha value is -0.940. The number of hydrogen-bond acceptors (Lipinski definition) is 5. The van der Waals surface area contributed by atoms with Crippen molar-refractivity contribution in [2.75, 3.05) is 13.1 Å². The van der Waals surface area contributed by atoms with Gasteiger partial charge in [-0.1, -0.05) is 0 Å². The lowest BCUT2D eigenvalue weighted by molar-refractivity contribution is 0.273. The molecule has 1 saturated heterocycles. The van der Waals surface area contributed by atoms with E-state index in [9.17, 15) is 0 Å². The molecule has 1 aromatic heterocycles. The van der Waals surface area contributed by atoms with Crippen molar-refractivity contribution in [3.63, 3.8) is 0 Å². The number of aryl methyl sites for hydroxylation is 1. The molecule has 15 heavy (non-hydrogen) atoms. The zero-order valence-electron chi connectivity index (χ0n) is 9.31. The molecule has 0 aliphatic carbocycles. The maximum atomic E-state index is 5.88. The molecule has 84 valence electrons. The Labute approximate surface area is 89.6 Å². The molecule has 2 rings (SSSR count). The average molecular weight is 210 g/mol. The van der Waals surface area contributed by atoms with Crippen LogP contribution in [-0.4, -0.2) is 34.2 Å². The maximum Gasteiger partial charge on any atom is 0.230 e. The van der Waals surface area contributed by atoms with Gasteiger partial charge in [-0.2, -0.15) is 0 Å². The van der Waals surface area contributed by atoms with Crippen LogP contribution in [0, 0.1) is 12.8 Å². The minimum Gasteiger partial charge on any atom is -0.424 e. The minimum absolute atomic E-state index is 0.277. The molecule has 0 saturated carbocycles.